The molecule has 0 bridgehead atoms. The van der Waals surface area contributed by atoms with Gasteiger partial charge in [-0.15, -0.1) is 0 Å². The number of Topliss-reactive ketones (excluding diaryl/α,β-unsaturated/α-hetero) is 1. The summed E-state index contributed by atoms with van der Waals surface area (Å²) in [5, 5.41) is 1.05. The van der Waals surface area contributed by atoms with Crippen LogP contribution in [-0.4, -0.2) is 5.78 Å². The minimum atomic E-state index is -0.0267. The van der Waals surface area contributed by atoms with E-state index in [1.165, 1.54) is 0 Å². The summed E-state index contributed by atoms with van der Waals surface area (Å²) in [6.45, 7) is 7.79. The molecule has 0 aliphatic rings. The lowest BCUT2D eigenvalue weighted by Crippen LogP contribution is -2.05. The number of carbonyl (C=O) groups is 1. The average Bonchev–Trinajstić information content (AvgIpc) is 2.68. The lowest BCUT2D eigenvalue weighted by molar-refractivity contribution is 0.0913. The Morgan fingerprint density at radius 1 is 1.19 bits per heavy atom. The van der Waals surface area contributed by atoms with E-state index in [1.54, 1.807) is 0 Å². The van der Waals surface area contributed by atoms with E-state index >= 15 is 0 Å². The van der Waals surface area contributed by atoms with E-state index < -0.39 is 0 Å². The first-order valence-corrected chi connectivity index (χ1v) is 5.54. The van der Waals surface area contributed by atoms with Crippen LogP contribution >= 0.6 is 0 Å². The molecule has 2 heteroatoms. The van der Waals surface area contributed by atoms with Crippen LogP contribution in [0.5, 0.6) is 0 Å². The van der Waals surface area contributed by atoms with E-state index in [1.807, 2.05) is 39.8 Å². The number of aryl methyl sites for hydroxylation is 2. The molecule has 0 radical (unpaired) electrons. The second-order valence-corrected chi connectivity index (χ2v) is 4.57. The predicted octanol–water partition coefficient (Wildman–Crippen LogP) is 3.89. The van der Waals surface area contributed by atoms with Crippen LogP contribution in [0.25, 0.3) is 11.0 Å². The molecule has 0 aliphatic carbocycles. The Hall–Kier alpha value is -1.57. The lowest BCUT2D eigenvalue weighted by Gasteiger charge is -1.98. The Balaban J connectivity index is 2.64. The summed E-state index contributed by atoms with van der Waals surface area (Å²) in [7, 11) is 0. The Kier molecular flexibility index (Phi) is 2.58. The zero-order valence-electron chi connectivity index (χ0n) is 10.1. The van der Waals surface area contributed by atoms with Gasteiger partial charge in [-0.2, -0.15) is 0 Å². The number of hydrogen-bond acceptors (Lipinski definition) is 2. The fraction of sp³-hybridized carbons (Fsp3) is 0.357. The number of furan rings is 1. The first-order chi connectivity index (χ1) is 7.50. The second-order valence-electron chi connectivity index (χ2n) is 4.57. The van der Waals surface area contributed by atoms with Crippen LogP contribution in [0.15, 0.2) is 22.6 Å². The van der Waals surface area contributed by atoms with Gasteiger partial charge in [0.05, 0.1) is 0 Å². The van der Waals surface area contributed by atoms with Crippen molar-refractivity contribution in [1.29, 1.82) is 0 Å². The third kappa shape index (κ3) is 1.64. The molecule has 0 aliphatic heterocycles. The van der Waals surface area contributed by atoms with Gasteiger partial charge in [0.15, 0.2) is 5.76 Å². The van der Waals surface area contributed by atoms with Crippen LogP contribution in [0.3, 0.4) is 0 Å². The molecule has 0 amide bonds. The molecule has 0 fully saturated rings. The molecular weight excluding hydrogens is 200 g/mol. The highest BCUT2D eigenvalue weighted by molar-refractivity contribution is 5.99. The minimum absolute atomic E-state index is 0.0267. The van der Waals surface area contributed by atoms with Crippen LogP contribution in [0.2, 0.25) is 0 Å². The van der Waals surface area contributed by atoms with Crippen molar-refractivity contribution in [1.82, 2.24) is 0 Å². The maximum absolute atomic E-state index is 11.8. The van der Waals surface area contributed by atoms with E-state index in [9.17, 15) is 4.79 Å². The molecular formula is C14H16O2. The van der Waals surface area contributed by atoms with Crippen molar-refractivity contribution in [2.75, 3.05) is 0 Å². The highest BCUT2D eigenvalue weighted by Gasteiger charge is 2.17. The normalized spacial score (nSPS) is 11.3. The second kappa shape index (κ2) is 3.78. The van der Waals surface area contributed by atoms with Gasteiger partial charge in [0.1, 0.15) is 5.58 Å². The van der Waals surface area contributed by atoms with Crippen LogP contribution in [0.4, 0.5) is 0 Å². The Morgan fingerprint density at radius 2 is 1.81 bits per heavy atom. The number of fused-ring (bicyclic) bond motifs is 1. The number of hydrogen-bond donors (Lipinski definition) is 0. The van der Waals surface area contributed by atoms with Crippen molar-refractivity contribution in [2.24, 2.45) is 5.92 Å². The molecule has 1 aromatic carbocycles. The largest absolute Gasteiger partial charge is 0.453 e. The summed E-state index contributed by atoms with van der Waals surface area (Å²) in [6, 6.07) is 5.93. The maximum Gasteiger partial charge on any atom is 0.200 e. The Labute approximate surface area is 95.3 Å². The van der Waals surface area contributed by atoms with Crippen molar-refractivity contribution >= 4 is 16.8 Å². The van der Waals surface area contributed by atoms with Crippen LogP contribution in [-0.2, 0) is 0 Å². The van der Waals surface area contributed by atoms with Gasteiger partial charge in [-0.1, -0.05) is 26.0 Å². The van der Waals surface area contributed by atoms with Crippen molar-refractivity contribution in [3.05, 3.63) is 35.1 Å². The number of ketones is 1. The molecule has 1 aromatic heterocycles. The van der Waals surface area contributed by atoms with Gasteiger partial charge in [-0.05, 0) is 31.0 Å². The van der Waals surface area contributed by atoms with E-state index in [0.29, 0.717) is 5.76 Å². The van der Waals surface area contributed by atoms with E-state index in [0.717, 1.165) is 22.1 Å². The summed E-state index contributed by atoms with van der Waals surface area (Å²) >= 11 is 0. The van der Waals surface area contributed by atoms with E-state index in [-0.39, 0.29) is 11.7 Å². The van der Waals surface area contributed by atoms with E-state index in [4.69, 9.17) is 4.42 Å². The van der Waals surface area contributed by atoms with Crippen LogP contribution < -0.4 is 0 Å². The van der Waals surface area contributed by atoms with Crippen molar-refractivity contribution < 1.29 is 9.21 Å². The van der Waals surface area contributed by atoms with Crippen molar-refractivity contribution in [2.45, 2.75) is 27.7 Å². The predicted molar refractivity (Wildman–Crippen MR) is 64.9 cm³/mol. The first kappa shape index (κ1) is 10.9. The monoisotopic (exact) mass is 216 g/mol. The number of benzene rings is 1. The zero-order valence-corrected chi connectivity index (χ0v) is 10.1. The molecule has 2 aromatic rings. The van der Waals surface area contributed by atoms with Crippen LogP contribution in [0.1, 0.15) is 35.5 Å². The summed E-state index contributed by atoms with van der Waals surface area (Å²) in [5.74, 6) is 0.513. The van der Waals surface area contributed by atoms with Crippen LogP contribution in [0, 0.1) is 19.8 Å². The first-order valence-electron chi connectivity index (χ1n) is 5.54. The third-order valence-corrected chi connectivity index (χ3v) is 2.87. The number of rotatable bonds is 2. The molecule has 0 N–H and O–H groups in total. The van der Waals surface area contributed by atoms with Gasteiger partial charge in [0, 0.05) is 11.3 Å². The summed E-state index contributed by atoms with van der Waals surface area (Å²) in [4.78, 5) is 11.8. The fourth-order valence-corrected chi connectivity index (χ4v) is 1.80. The molecule has 0 saturated carbocycles. The smallest absolute Gasteiger partial charge is 0.200 e. The molecule has 1 heterocycles. The quantitative estimate of drug-likeness (QED) is 0.713. The van der Waals surface area contributed by atoms with Gasteiger partial charge in [0.25, 0.3) is 0 Å². The van der Waals surface area contributed by atoms with Gasteiger partial charge in [0.2, 0.25) is 5.78 Å². The van der Waals surface area contributed by atoms with E-state index in [2.05, 4.69) is 6.07 Å². The average molecular weight is 216 g/mol. The summed E-state index contributed by atoms with van der Waals surface area (Å²) < 4.78 is 5.65. The SMILES string of the molecule is Cc1ccc(C)c2oc(C(=O)C(C)C)cc12. The summed E-state index contributed by atoms with van der Waals surface area (Å²) in [6.07, 6.45) is 0. The third-order valence-electron chi connectivity index (χ3n) is 2.87. The molecule has 0 spiro atoms. The molecule has 0 atom stereocenters. The highest BCUT2D eigenvalue weighted by atomic mass is 16.3. The Morgan fingerprint density at radius 3 is 2.38 bits per heavy atom. The summed E-state index contributed by atoms with van der Waals surface area (Å²) in [5.41, 5.74) is 3.06. The highest BCUT2D eigenvalue weighted by Crippen LogP contribution is 2.27. The lowest BCUT2D eigenvalue weighted by atomic mass is 10.1. The molecule has 0 saturated heterocycles. The molecule has 84 valence electrons. The number of carbonyl (C=O) groups excluding carboxylic acids is 1. The standard InChI is InChI=1S/C14H16O2/c1-8(2)13(15)12-7-11-9(3)5-6-10(4)14(11)16-12/h5-8H,1-4H3. The molecule has 16 heavy (non-hydrogen) atoms. The van der Waals surface area contributed by atoms with Gasteiger partial charge in [-0.25, -0.2) is 0 Å². The minimum Gasteiger partial charge on any atom is -0.453 e. The van der Waals surface area contributed by atoms with Gasteiger partial charge < -0.3 is 4.42 Å². The van der Waals surface area contributed by atoms with Gasteiger partial charge >= 0.3 is 0 Å². The van der Waals surface area contributed by atoms with Crippen molar-refractivity contribution in [3.63, 3.8) is 0 Å². The van der Waals surface area contributed by atoms with Crippen molar-refractivity contribution in [3.8, 4) is 0 Å². The topological polar surface area (TPSA) is 30.2 Å². The molecule has 2 nitrogen and oxygen atoms in total. The zero-order chi connectivity index (χ0) is 11.9. The maximum atomic E-state index is 11.8. The molecule has 0 unspecified atom stereocenters. The van der Waals surface area contributed by atoms with Gasteiger partial charge in [-0.3, -0.25) is 4.79 Å². The Bertz CT molecular complexity index is 508. The fourth-order valence-electron chi connectivity index (χ4n) is 1.80. The molecule has 2 rings (SSSR count).